The second-order valence-corrected chi connectivity index (χ2v) is 2.29. The number of halogens is 3. The number of carbonyl (C=O) groups is 2. The van der Waals surface area contributed by atoms with Crippen molar-refractivity contribution in [2.45, 2.75) is 6.18 Å². The lowest BCUT2D eigenvalue weighted by Crippen LogP contribution is -2.56. The van der Waals surface area contributed by atoms with Crippen LogP contribution in [0.25, 0.3) is 0 Å². The van der Waals surface area contributed by atoms with E-state index in [1.54, 1.807) is 0 Å². The van der Waals surface area contributed by atoms with Crippen LogP contribution < -0.4 is 10.6 Å². The highest BCUT2D eigenvalue weighted by Crippen LogP contribution is 2.26. The molecule has 68 valence electrons. The fourth-order valence-electron chi connectivity index (χ4n) is 0.795. The molecule has 0 spiro atoms. The highest BCUT2D eigenvalue weighted by atomic mass is 19.4. The molecule has 0 aromatic carbocycles. The van der Waals surface area contributed by atoms with Crippen molar-refractivity contribution in [1.82, 2.24) is 10.6 Å². The predicted octanol–water partition coefficient (Wildman–Crippen LogP) is 0.00430. The van der Waals surface area contributed by atoms with E-state index in [2.05, 4.69) is 0 Å². The summed E-state index contributed by atoms with van der Waals surface area (Å²) >= 11 is 0. The molecular weight excluding hydrogens is 177 g/mol. The van der Waals surface area contributed by atoms with E-state index in [0.717, 1.165) is 0 Å². The molecule has 1 heterocycles. The number of imide groups is 1. The number of amides is 3. The largest absolute Gasteiger partial charge is 0.402 e. The predicted molar refractivity (Wildman–Crippen MR) is 31.1 cm³/mol. The number of nitrogens with one attached hydrogen (secondary N) is 2. The first-order valence-electron chi connectivity index (χ1n) is 3.06. The number of urea groups is 1. The topological polar surface area (TPSA) is 58.2 Å². The minimum Gasteiger partial charge on any atom is -0.337 e. The van der Waals surface area contributed by atoms with Crippen LogP contribution in [0.3, 0.4) is 0 Å². The van der Waals surface area contributed by atoms with E-state index in [9.17, 15) is 22.8 Å². The SMILES string of the molecule is O=C1NC[C@H](C(F)(F)F)C(=O)N1. The van der Waals surface area contributed by atoms with Crippen molar-refractivity contribution in [2.24, 2.45) is 5.92 Å². The van der Waals surface area contributed by atoms with Crippen LogP contribution >= 0.6 is 0 Å². The molecule has 0 radical (unpaired) electrons. The summed E-state index contributed by atoms with van der Waals surface area (Å²) in [5.74, 6) is -3.43. The molecule has 1 aliphatic heterocycles. The molecule has 3 amide bonds. The van der Waals surface area contributed by atoms with Gasteiger partial charge in [0.1, 0.15) is 0 Å². The Bertz CT molecular complexity index is 225. The van der Waals surface area contributed by atoms with Crippen molar-refractivity contribution in [2.75, 3.05) is 6.54 Å². The maximum absolute atomic E-state index is 11.9. The van der Waals surface area contributed by atoms with Gasteiger partial charge in [-0.2, -0.15) is 13.2 Å². The van der Waals surface area contributed by atoms with Gasteiger partial charge in [0.2, 0.25) is 5.91 Å². The minimum absolute atomic E-state index is 0.686. The van der Waals surface area contributed by atoms with Gasteiger partial charge >= 0.3 is 12.2 Å². The fraction of sp³-hybridized carbons (Fsp3) is 0.600. The summed E-state index contributed by atoms with van der Waals surface area (Å²) in [7, 11) is 0. The van der Waals surface area contributed by atoms with Gasteiger partial charge in [0.25, 0.3) is 0 Å². The molecule has 1 saturated heterocycles. The molecule has 1 fully saturated rings. The quantitative estimate of drug-likeness (QED) is 0.554. The molecule has 1 aliphatic rings. The lowest BCUT2D eigenvalue weighted by molar-refractivity contribution is -0.182. The average Bonchev–Trinajstić information content (AvgIpc) is 1.83. The molecule has 0 saturated carbocycles. The second-order valence-electron chi connectivity index (χ2n) is 2.29. The molecule has 0 unspecified atom stereocenters. The zero-order valence-corrected chi connectivity index (χ0v) is 5.73. The summed E-state index contributed by atoms with van der Waals surface area (Å²) in [4.78, 5) is 20.9. The first-order valence-corrected chi connectivity index (χ1v) is 3.06. The molecular formula is C5H5F3N2O2. The van der Waals surface area contributed by atoms with Gasteiger partial charge in [0.15, 0.2) is 5.92 Å². The lowest BCUT2D eigenvalue weighted by Gasteiger charge is -2.23. The Morgan fingerprint density at radius 1 is 1.33 bits per heavy atom. The molecule has 0 aliphatic carbocycles. The van der Waals surface area contributed by atoms with Gasteiger partial charge in [-0.15, -0.1) is 0 Å². The van der Waals surface area contributed by atoms with Gasteiger partial charge in [-0.25, -0.2) is 4.79 Å². The number of rotatable bonds is 0. The highest BCUT2D eigenvalue weighted by molar-refractivity contribution is 5.98. The van der Waals surface area contributed by atoms with Crippen LogP contribution in [0.1, 0.15) is 0 Å². The zero-order chi connectivity index (χ0) is 9.35. The molecule has 12 heavy (non-hydrogen) atoms. The van der Waals surface area contributed by atoms with Crippen LogP contribution in [-0.2, 0) is 4.79 Å². The summed E-state index contributed by atoms with van der Waals surface area (Å²) in [5, 5.41) is 3.41. The van der Waals surface area contributed by atoms with E-state index in [1.807, 2.05) is 5.32 Å². The van der Waals surface area contributed by atoms with Crippen LogP contribution in [0.4, 0.5) is 18.0 Å². The van der Waals surface area contributed by atoms with Gasteiger partial charge in [0.05, 0.1) is 0 Å². The van der Waals surface area contributed by atoms with Crippen molar-refractivity contribution < 1.29 is 22.8 Å². The Balaban J connectivity index is 2.69. The minimum atomic E-state index is -4.60. The van der Waals surface area contributed by atoms with Crippen LogP contribution in [-0.4, -0.2) is 24.7 Å². The Kier molecular flexibility index (Phi) is 1.95. The van der Waals surface area contributed by atoms with Crippen molar-refractivity contribution >= 4 is 11.9 Å². The third kappa shape index (κ3) is 1.66. The van der Waals surface area contributed by atoms with Gasteiger partial charge < -0.3 is 5.32 Å². The Morgan fingerprint density at radius 2 is 1.92 bits per heavy atom. The summed E-state index contributed by atoms with van der Waals surface area (Å²) in [6.45, 7) is -0.686. The third-order valence-corrected chi connectivity index (χ3v) is 1.42. The number of hydrogen-bond donors (Lipinski definition) is 2. The van der Waals surface area contributed by atoms with Crippen LogP contribution in [0.15, 0.2) is 0 Å². The molecule has 2 N–H and O–H groups in total. The van der Waals surface area contributed by atoms with E-state index in [0.29, 0.717) is 0 Å². The number of alkyl halides is 3. The first kappa shape index (κ1) is 8.82. The van der Waals surface area contributed by atoms with E-state index in [4.69, 9.17) is 0 Å². The number of carbonyl (C=O) groups excluding carboxylic acids is 2. The summed E-state index contributed by atoms with van der Waals surface area (Å²) < 4.78 is 35.7. The van der Waals surface area contributed by atoms with E-state index in [1.165, 1.54) is 5.32 Å². The molecule has 1 rings (SSSR count). The summed E-state index contributed by atoms with van der Waals surface area (Å²) in [6.07, 6.45) is -4.60. The molecule has 1 atom stereocenters. The van der Waals surface area contributed by atoms with Gasteiger partial charge in [-0.05, 0) is 0 Å². The fourth-order valence-corrected chi connectivity index (χ4v) is 0.795. The van der Waals surface area contributed by atoms with Gasteiger partial charge in [-0.1, -0.05) is 0 Å². The van der Waals surface area contributed by atoms with E-state index in [-0.39, 0.29) is 0 Å². The molecule has 4 nitrogen and oxygen atoms in total. The van der Waals surface area contributed by atoms with Gasteiger partial charge in [-0.3, -0.25) is 10.1 Å². The Hall–Kier alpha value is -1.27. The Labute approximate surface area is 65.1 Å². The lowest BCUT2D eigenvalue weighted by atomic mass is 10.1. The van der Waals surface area contributed by atoms with Crippen molar-refractivity contribution in [3.63, 3.8) is 0 Å². The first-order chi connectivity index (χ1) is 5.41. The molecule has 0 aromatic heterocycles. The highest BCUT2D eigenvalue weighted by Gasteiger charge is 2.47. The molecule has 0 bridgehead atoms. The third-order valence-electron chi connectivity index (χ3n) is 1.42. The maximum atomic E-state index is 11.9. The maximum Gasteiger partial charge on any atom is 0.402 e. The summed E-state index contributed by atoms with van der Waals surface area (Å²) in [5.41, 5.74) is 0. The smallest absolute Gasteiger partial charge is 0.337 e. The number of hydrogen-bond acceptors (Lipinski definition) is 2. The summed E-state index contributed by atoms with van der Waals surface area (Å²) in [6, 6.07) is -0.888. The van der Waals surface area contributed by atoms with Crippen LogP contribution in [0.5, 0.6) is 0 Å². The van der Waals surface area contributed by atoms with Crippen molar-refractivity contribution in [3.05, 3.63) is 0 Å². The standard InChI is InChI=1S/C5H5F3N2O2/c6-5(7,8)2-1-9-4(12)10-3(2)11/h2H,1H2,(H2,9,10,11,12)/t2-/m0/s1. The average molecular weight is 182 g/mol. The van der Waals surface area contributed by atoms with E-state index < -0.39 is 30.6 Å². The van der Waals surface area contributed by atoms with Crippen molar-refractivity contribution in [3.8, 4) is 0 Å². The van der Waals surface area contributed by atoms with E-state index >= 15 is 0 Å². The monoisotopic (exact) mass is 182 g/mol. The van der Waals surface area contributed by atoms with Crippen LogP contribution in [0.2, 0.25) is 0 Å². The van der Waals surface area contributed by atoms with Crippen LogP contribution in [0, 0.1) is 5.92 Å². The zero-order valence-electron chi connectivity index (χ0n) is 5.73. The normalized spacial score (nSPS) is 24.8. The second kappa shape index (κ2) is 2.65. The van der Waals surface area contributed by atoms with Crippen molar-refractivity contribution in [1.29, 1.82) is 0 Å². The molecule has 7 heteroatoms. The Morgan fingerprint density at radius 3 is 2.33 bits per heavy atom. The van der Waals surface area contributed by atoms with Gasteiger partial charge in [0, 0.05) is 6.54 Å². The molecule has 0 aromatic rings.